The quantitative estimate of drug-likeness (QED) is 0.742. The van der Waals surface area contributed by atoms with Crippen LogP contribution in [0.3, 0.4) is 0 Å². The fourth-order valence-electron chi connectivity index (χ4n) is 2.68. The zero-order valence-electron chi connectivity index (χ0n) is 13.6. The maximum absolute atomic E-state index is 12.5. The summed E-state index contributed by atoms with van der Waals surface area (Å²) < 4.78 is 5.06. The lowest BCUT2D eigenvalue weighted by Gasteiger charge is -2.15. The molecular weight excluding hydrogens is 300 g/mol. The summed E-state index contributed by atoms with van der Waals surface area (Å²) in [6, 6.07) is 15.6. The van der Waals surface area contributed by atoms with Crippen molar-refractivity contribution in [2.24, 2.45) is 0 Å². The summed E-state index contributed by atoms with van der Waals surface area (Å²) in [7, 11) is 0. The number of furan rings is 1. The average molecular weight is 320 g/mol. The Hall–Kier alpha value is -2.88. The first kappa shape index (κ1) is 16.0. The van der Waals surface area contributed by atoms with Gasteiger partial charge in [-0.3, -0.25) is 9.78 Å². The summed E-state index contributed by atoms with van der Waals surface area (Å²) in [5.41, 5.74) is 3.82. The molecule has 1 amide bonds. The number of hydrogen-bond acceptors (Lipinski definition) is 3. The third kappa shape index (κ3) is 3.71. The molecule has 0 aliphatic heterocycles. The van der Waals surface area contributed by atoms with Crippen molar-refractivity contribution >= 4 is 5.91 Å². The molecule has 1 atom stereocenters. The lowest BCUT2D eigenvalue weighted by molar-refractivity contribution is -0.122. The van der Waals surface area contributed by atoms with Crippen LogP contribution in [0.2, 0.25) is 0 Å². The van der Waals surface area contributed by atoms with E-state index in [0.29, 0.717) is 6.54 Å². The highest BCUT2D eigenvalue weighted by atomic mass is 16.3. The minimum absolute atomic E-state index is 0.0441. The van der Waals surface area contributed by atoms with Crippen molar-refractivity contribution < 1.29 is 9.21 Å². The van der Waals surface area contributed by atoms with Crippen molar-refractivity contribution in [3.63, 3.8) is 0 Å². The molecule has 1 N–H and O–H groups in total. The molecule has 1 aromatic carbocycles. The summed E-state index contributed by atoms with van der Waals surface area (Å²) in [6.45, 7) is 2.50. The Morgan fingerprint density at radius 1 is 1.17 bits per heavy atom. The number of rotatable bonds is 6. The SMILES string of the molecule is CCC(C(=O)NCc1ccc(-c2ccoc2)nc1)c1ccccc1. The fourth-order valence-corrected chi connectivity index (χ4v) is 2.68. The normalized spacial score (nSPS) is 11.9. The first-order chi connectivity index (χ1) is 11.8. The predicted molar refractivity (Wildman–Crippen MR) is 93.3 cm³/mol. The van der Waals surface area contributed by atoms with Crippen molar-refractivity contribution in [2.45, 2.75) is 25.8 Å². The van der Waals surface area contributed by atoms with Crippen LogP contribution in [0.15, 0.2) is 71.7 Å². The summed E-state index contributed by atoms with van der Waals surface area (Å²) in [5, 5.41) is 3.01. The summed E-state index contributed by atoms with van der Waals surface area (Å²) in [4.78, 5) is 16.9. The maximum atomic E-state index is 12.5. The average Bonchev–Trinajstić information content (AvgIpc) is 3.17. The van der Waals surface area contributed by atoms with Gasteiger partial charge in [0.25, 0.3) is 0 Å². The molecule has 1 unspecified atom stereocenters. The van der Waals surface area contributed by atoms with Crippen molar-refractivity contribution in [3.05, 3.63) is 78.4 Å². The first-order valence-corrected chi connectivity index (χ1v) is 8.08. The molecule has 0 saturated heterocycles. The number of benzene rings is 1. The topological polar surface area (TPSA) is 55.1 Å². The van der Waals surface area contributed by atoms with Gasteiger partial charge in [0, 0.05) is 18.3 Å². The van der Waals surface area contributed by atoms with Gasteiger partial charge in [-0.15, -0.1) is 0 Å². The second kappa shape index (κ2) is 7.59. The largest absolute Gasteiger partial charge is 0.472 e. The molecule has 0 aliphatic carbocycles. The van der Waals surface area contributed by atoms with Crippen LogP contribution in [-0.4, -0.2) is 10.9 Å². The zero-order valence-corrected chi connectivity index (χ0v) is 13.6. The van der Waals surface area contributed by atoms with E-state index in [2.05, 4.69) is 10.3 Å². The van der Waals surface area contributed by atoms with Crippen LogP contribution in [0.25, 0.3) is 11.3 Å². The molecule has 3 rings (SSSR count). The van der Waals surface area contributed by atoms with Crippen LogP contribution < -0.4 is 5.32 Å². The van der Waals surface area contributed by atoms with Gasteiger partial charge in [-0.1, -0.05) is 43.3 Å². The Kier molecular flexibility index (Phi) is 5.06. The van der Waals surface area contributed by atoms with Gasteiger partial charge >= 0.3 is 0 Å². The van der Waals surface area contributed by atoms with Crippen molar-refractivity contribution in [1.82, 2.24) is 10.3 Å². The molecule has 24 heavy (non-hydrogen) atoms. The Labute approximate surface area is 141 Å². The third-order valence-electron chi connectivity index (χ3n) is 4.04. The van der Waals surface area contributed by atoms with Crippen molar-refractivity contribution in [1.29, 1.82) is 0 Å². The highest BCUT2D eigenvalue weighted by Crippen LogP contribution is 2.20. The van der Waals surface area contributed by atoms with Gasteiger partial charge in [0.1, 0.15) is 0 Å². The van der Waals surface area contributed by atoms with Crippen LogP contribution >= 0.6 is 0 Å². The van der Waals surface area contributed by atoms with Gasteiger partial charge < -0.3 is 9.73 Å². The van der Waals surface area contributed by atoms with Crippen LogP contribution in [0.1, 0.15) is 30.4 Å². The van der Waals surface area contributed by atoms with E-state index in [-0.39, 0.29) is 11.8 Å². The van der Waals surface area contributed by atoms with Gasteiger partial charge in [0.2, 0.25) is 5.91 Å². The van der Waals surface area contributed by atoms with E-state index in [1.54, 1.807) is 18.7 Å². The minimum Gasteiger partial charge on any atom is -0.472 e. The number of pyridine rings is 1. The number of aromatic nitrogens is 1. The van der Waals surface area contributed by atoms with Crippen molar-refractivity contribution in [3.8, 4) is 11.3 Å². The van der Waals surface area contributed by atoms with E-state index < -0.39 is 0 Å². The maximum Gasteiger partial charge on any atom is 0.227 e. The lowest BCUT2D eigenvalue weighted by atomic mass is 9.95. The van der Waals surface area contributed by atoms with E-state index >= 15 is 0 Å². The van der Waals surface area contributed by atoms with E-state index in [9.17, 15) is 4.79 Å². The minimum atomic E-state index is -0.121. The number of carbonyl (C=O) groups excluding carboxylic acids is 1. The van der Waals surface area contributed by atoms with Gasteiger partial charge in [-0.2, -0.15) is 0 Å². The molecule has 4 nitrogen and oxygen atoms in total. The standard InChI is InChI=1S/C20H20N2O2/c1-2-18(16-6-4-3-5-7-16)20(23)22-13-15-8-9-19(21-12-15)17-10-11-24-14-17/h3-12,14,18H,2,13H2,1H3,(H,22,23). The monoisotopic (exact) mass is 320 g/mol. The predicted octanol–water partition coefficient (Wildman–Crippen LogP) is 4.15. The van der Waals surface area contributed by atoms with E-state index in [0.717, 1.165) is 28.8 Å². The molecule has 3 aromatic rings. The van der Waals surface area contributed by atoms with Gasteiger partial charge in [-0.25, -0.2) is 0 Å². The lowest BCUT2D eigenvalue weighted by Crippen LogP contribution is -2.28. The second-order valence-corrected chi connectivity index (χ2v) is 5.65. The van der Waals surface area contributed by atoms with Gasteiger partial charge in [0.05, 0.1) is 24.1 Å². The Bertz CT molecular complexity index is 765. The summed E-state index contributed by atoms with van der Waals surface area (Å²) in [6.07, 6.45) is 5.84. The molecule has 2 heterocycles. The van der Waals surface area contributed by atoms with Crippen LogP contribution in [0, 0.1) is 0 Å². The molecular formula is C20H20N2O2. The summed E-state index contributed by atoms with van der Waals surface area (Å²) >= 11 is 0. The molecule has 0 spiro atoms. The first-order valence-electron chi connectivity index (χ1n) is 8.08. The Morgan fingerprint density at radius 2 is 2.00 bits per heavy atom. The molecule has 0 aliphatic rings. The number of amides is 1. The van der Waals surface area contributed by atoms with E-state index in [1.807, 2.05) is 55.5 Å². The number of nitrogens with one attached hydrogen (secondary N) is 1. The van der Waals surface area contributed by atoms with Crippen molar-refractivity contribution in [2.75, 3.05) is 0 Å². The Morgan fingerprint density at radius 3 is 2.62 bits per heavy atom. The van der Waals surface area contributed by atoms with Crippen LogP contribution in [0.4, 0.5) is 0 Å². The van der Waals surface area contributed by atoms with Gasteiger partial charge in [0.15, 0.2) is 0 Å². The zero-order chi connectivity index (χ0) is 16.8. The van der Waals surface area contributed by atoms with Gasteiger partial charge in [-0.05, 0) is 29.7 Å². The number of hydrogen-bond donors (Lipinski definition) is 1. The second-order valence-electron chi connectivity index (χ2n) is 5.65. The molecule has 4 heteroatoms. The smallest absolute Gasteiger partial charge is 0.227 e. The van der Waals surface area contributed by atoms with E-state index in [4.69, 9.17) is 4.42 Å². The molecule has 0 radical (unpaired) electrons. The highest BCUT2D eigenvalue weighted by Gasteiger charge is 2.17. The van der Waals surface area contributed by atoms with Crippen LogP contribution in [0.5, 0.6) is 0 Å². The molecule has 0 saturated carbocycles. The number of carbonyl (C=O) groups is 1. The molecule has 0 fully saturated rings. The molecule has 0 bridgehead atoms. The highest BCUT2D eigenvalue weighted by molar-refractivity contribution is 5.83. The summed E-state index contributed by atoms with van der Waals surface area (Å²) in [5.74, 6) is -0.0769. The number of nitrogens with zero attached hydrogens (tertiary/aromatic N) is 1. The Balaban J connectivity index is 1.61. The molecule has 2 aromatic heterocycles. The van der Waals surface area contributed by atoms with E-state index in [1.165, 1.54) is 0 Å². The molecule has 122 valence electrons. The fraction of sp³-hybridized carbons (Fsp3) is 0.200. The van der Waals surface area contributed by atoms with Crippen LogP contribution in [-0.2, 0) is 11.3 Å². The third-order valence-corrected chi connectivity index (χ3v) is 4.04.